The van der Waals surface area contributed by atoms with Crippen molar-refractivity contribution in [3.8, 4) is 0 Å². The summed E-state index contributed by atoms with van der Waals surface area (Å²) >= 11 is 1.13. The highest BCUT2D eigenvalue weighted by Crippen LogP contribution is 2.36. The molecule has 1 fully saturated rings. The third kappa shape index (κ3) is 3.80. The van der Waals surface area contributed by atoms with Gasteiger partial charge in [-0.1, -0.05) is 41.7 Å². The van der Waals surface area contributed by atoms with Crippen LogP contribution < -0.4 is 10.2 Å². The Hall–Kier alpha value is -2.68. The largest absolute Gasteiger partial charge is 0.417 e. The lowest BCUT2D eigenvalue weighted by Gasteiger charge is -2.23. The summed E-state index contributed by atoms with van der Waals surface area (Å²) < 4.78 is 39.1. The van der Waals surface area contributed by atoms with E-state index in [4.69, 9.17) is 0 Å². The summed E-state index contributed by atoms with van der Waals surface area (Å²) in [6.07, 6.45) is -2.16. The van der Waals surface area contributed by atoms with E-state index >= 15 is 0 Å². The molecule has 1 atom stereocenters. The van der Waals surface area contributed by atoms with Gasteiger partial charge in [0.25, 0.3) is 0 Å². The Morgan fingerprint density at radius 1 is 1.29 bits per heavy atom. The van der Waals surface area contributed by atoms with Gasteiger partial charge in [-0.25, -0.2) is 4.98 Å². The molecule has 0 bridgehead atoms. The molecule has 0 unspecified atom stereocenters. The Kier molecular flexibility index (Phi) is 4.92. The molecule has 1 amide bonds. The van der Waals surface area contributed by atoms with Gasteiger partial charge in [0.1, 0.15) is 6.04 Å². The molecule has 4 rings (SSSR count). The van der Waals surface area contributed by atoms with E-state index in [-0.39, 0.29) is 17.6 Å². The number of pyridine rings is 1. The lowest BCUT2D eigenvalue weighted by Crippen LogP contribution is -2.43. The maximum Gasteiger partial charge on any atom is 0.417 e. The summed E-state index contributed by atoms with van der Waals surface area (Å²) in [5.74, 6) is -0.107. The number of nitrogens with zero attached hydrogens (tertiary/aromatic N) is 3. The number of carbonyl (C=O) groups excluding carboxylic acids is 1. The molecule has 1 saturated heterocycles. The zero-order valence-electron chi connectivity index (χ0n) is 14.7. The number of rotatable bonds is 4. The molecule has 3 heterocycles. The van der Waals surface area contributed by atoms with Gasteiger partial charge in [-0.05, 0) is 24.5 Å². The molecule has 5 nitrogen and oxygen atoms in total. The van der Waals surface area contributed by atoms with Crippen molar-refractivity contribution in [2.24, 2.45) is 0 Å². The number of alkyl halides is 3. The topological polar surface area (TPSA) is 58.1 Å². The van der Waals surface area contributed by atoms with Crippen molar-refractivity contribution >= 4 is 32.7 Å². The molecule has 146 valence electrons. The van der Waals surface area contributed by atoms with Crippen molar-refractivity contribution < 1.29 is 18.0 Å². The van der Waals surface area contributed by atoms with Crippen LogP contribution in [0.2, 0.25) is 0 Å². The van der Waals surface area contributed by atoms with Gasteiger partial charge >= 0.3 is 6.18 Å². The molecule has 0 spiro atoms. The minimum absolute atomic E-state index is 0.107. The standard InChI is InChI=1S/C19H17F3N4OS/c20-19(21,22)13-9-15-16(23-11-13)25-18(28-15)26-8-4-7-14(26)17(27)24-10-12-5-2-1-3-6-12/h1-3,5-6,9,11,14H,4,7-8,10H2,(H,24,27)/t14-/m1/s1. The number of carbonyl (C=O) groups is 1. The number of halogens is 3. The van der Waals surface area contributed by atoms with Gasteiger partial charge in [0.05, 0.1) is 10.3 Å². The molecule has 1 aliphatic heterocycles. The van der Waals surface area contributed by atoms with Crippen molar-refractivity contribution in [3.05, 3.63) is 53.7 Å². The van der Waals surface area contributed by atoms with Crippen molar-refractivity contribution in [1.82, 2.24) is 15.3 Å². The second-order valence-electron chi connectivity index (χ2n) is 6.59. The molecular weight excluding hydrogens is 389 g/mol. The van der Waals surface area contributed by atoms with Crippen LogP contribution in [0, 0.1) is 0 Å². The Morgan fingerprint density at radius 2 is 2.07 bits per heavy atom. The van der Waals surface area contributed by atoms with E-state index in [1.54, 1.807) is 0 Å². The first kappa shape index (κ1) is 18.7. The molecule has 1 aromatic carbocycles. The van der Waals surface area contributed by atoms with Gasteiger partial charge in [0.2, 0.25) is 5.91 Å². The number of anilines is 1. The highest BCUT2D eigenvalue weighted by Gasteiger charge is 2.34. The Bertz CT molecular complexity index is 990. The predicted molar refractivity (Wildman–Crippen MR) is 101 cm³/mol. The number of benzene rings is 1. The maximum absolute atomic E-state index is 12.9. The number of nitrogens with one attached hydrogen (secondary N) is 1. The van der Waals surface area contributed by atoms with Crippen LogP contribution in [0.3, 0.4) is 0 Å². The Balaban J connectivity index is 1.52. The third-order valence-electron chi connectivity index (χ3n) is 4.67. The SMILES string of the molecule is O=C(NCc1ccccc1)[C@H]1CCCN1c1nc2ncc(C(F)(F)F)cc2s1. The number of hydrogen-bond acceptors (Lipinski definition) is 5. The Labute approximate surface area is 163 Å². The highest BCUT2D eigenvalue weighted by atomic mass is 32.1. The molecule has 1 N–H and O–H groups in total. The number of amides is 1. The Morgan fingerprint density at radius 3 is 2.82 bits per heavy atom. The van der Waals surface area contributed by atoms with Crippen LogP contribution in [0.4, 0.5) is 18.3 Å². The van der Waals surface area contributed by atoms with Crippen molar-refractivity contribution in [2.45, 2.75) is 31.6 Å². The van der Waals surface area contributed by atoms with E-state index in [0.29, 0.717) is 29.3 Å². The lowest BCUT2D eigenvalue weighted by atomic mass is 10.2. The number of hydrogen-bond donors (Lipinski definition) is 1. The van der Waals surface area contributed by atoms with Crippen LogP contribution in [0.1, 0.15) is 24.0 Å². The maximum atomic E-state index is 12.9. The molecule has 3 aromatic rings. The molecule has 0 saturated carbocycles. The second-order valence-corrected chi connectivity index (χ2v) is 7.60. The zero-order chi connectivity index (χ0) is 19.7. The number of fused-ring (bicyclic) bond motifs is 1. The molecular formula is C19H17F3N4OS. The third-order valence-corrected chi connectivity index (χ3v) is 5.70. The van der Waals surface area contributed by atoms with E-state index in [9.17, 15) is 18.0 Å². The van der Waals surface area contributed by atoms with E-state index < -0.39 is 11.7 Å². The normalized spacial score (nSPS) is 17.2. The quantitative estimate of drug-likeness (QED) is 0.712. The van der Waals surface area contributed by atoms with Crippen molar-refractivity contribution in [2.75, 3.05) is 11.4 Å². The monoisotopic (exact) mass is 406 g/mol. The van der Waals surface area contributed by atoms with Gasteiger partial charge in [-0.3, -0.25) is 4.79 Å². The lowest BCUT2D eigenvalue weighted by molar-refractivity contribution is -0.137. The summed E-state index contributed by atoms with van der Waals surface area (Å²) in [6, 6.07) is 10.3. The molecule has 28 heavy (non-hydrogen) atoms. The van der Waals surface area contributed by atoms with E-state index in [2.05, 4.69) is 15.3 Å². The molecule has 9 heteroatoms. The van der Waals surface area contributed by atoms with E-state index in [1.807, 2.05) is 35.2 Å². The number of aromatic nitrogens is 2. The summed E-state index contributed by atoms with van der Waals surface area (Å²) in [5, 5.41) is 3.46. The summed E-state index contributed by atoms with van der Waals surface area (Å²) in [6.45, 7) is 1.07. The second kappa shape index (κ2) is 7.38. The van der Waals surface area contributed by atoms with Crippen LogP contribution in [0.25, 0.3) is 10.3 Å². The van der Waals surface area contributed by atoms with E-state index in [1.165, 1.54) is 0 Å². The smallest absolute Gasteiger partial charge is 0.350 e. The fourth-order valence-electron chi connectivity index (χ4n) is 3.26. The summed E-state index contributed by atoms with van der Waals surface area (Å²) in [7, 11) is 0. The van der Waals surface area contributed by atoms with Crippen LogP contribution in [0.15, 0.2) is 42.6 Å². The van der Waals surface area contributed by atoms with Gasteiger partial charge < -0.3 is 10.2 Å². The van der Waals surface area contributed by atoms with E-state index in [0.717, 1.165) is 35.6 Å². The fourth-order valence-corrected chi connectivity index (χ4v) is 4.30. The zero-order valence-corrected chi connectivity index (χ0v) is 15.6. The molecule has 2 aromatic heterocycles. The van der Waals surface area contributed by atoms with Crippen LogP contribution in [-0.2, 0) is 17.5 Å². The molecule has 1 aliphatic rings. The minimum Gasteiger partial charge on any atom is -0.350 e. The van der Waals surface area contributed by atoms with Crippen LogP contribution in [0.5, 0.6) is 0 Å². The average Bonchev–Trinajstić information content (AvgIpc) is 3.32. The molecule has 0 aliphatic carbocycles. The first-order chi connectivity index (χ1) is 13.4. The van der Waals surface area contributed by atoms with Crippen LogP contribution in [-0.4, -0.2) is 28.5 Å². The summed E-state index contributed by atoms with van der Waals surface area (Å²) in [4.78, 5) is 22.7. The minimum atomic E-state index is -4.45. The van der Waals surface area contributed by atoms with Crippen LogP contribution >= 0.6 is 11.3 Å². The average molecular weight is 406 g/mol. The number of thiazole rings is 1. The van der Waals surface area contributed by atoms with Crippen molar-refractivity contribution in [3.63, 3.8) is 0 Å². The van der Waals surface area contributed by atoms with Gasteiger partial charge in [0.15, 0.2) is 10.8 Å². The summed E-state index contributed by atoms with van der Waals surface area (Å²) in [5.41, 5.74) is 0.474. The van der Waals surface area contributed by atoms with Gasteiger partial charge in [-0.15, -0.1) is 0 Å². The van der Waals surface area contributed by atoms with Gasteiger partial charge in [-0.2, -0.15) is 18.2 Å². The van der Waals surface area contributed by atoms with Crippen molar-refractivity contribution in [1.29, 1.82) is 0 Å². The first-order valence-electron chi connectivity index (χ1n) is 8.84. The fraction of sp³-hybridized carbons (Fsp3) is 0.316. The molecule has 0 radical (unpaired) electrons. The predicted octanol–water partition coefficient (Wildman–Crippen LogP) is 4.00. The van der Waals surface area contributed by atoms with Gasteiger partial charge in [0, 0.05) is 19.3 Å². The highest BCUT2D eigenvalue weighted by molar-refractivity contribution is 7.22. The first-order valence-corrected chi connectivity index (χ1v) is 9.65.